The molecule has 1 N–H and O–H groups in total. The first-order valence-corrected chi connectivity index (χ1v) is 12.4. The molecule has 1 saturated carbocycles. The smallest absolute Gasteiger partial charge is 0.427 e. The van der Waals surface area contributed by atoms with Gasteiger partial charge in [0.15, 0.2) is 17.4 Å². The van der Waals surface area contributed by atoms with E-state index in [1.54, 1.807) is 17.9 Å². The lowest BCUT2D eigenvalue weighted by Crippen LogP contribution is -2.36. The molecule has 33 heavy (non-hydrogen) atoms. The molecule has 0 bridgehead atoms. The summed E-state index contributed by atoms with van der Waals surface area (Å²) in [5.41, 5.74) is 2.12. The number of amides is 1. The number of rotatable bonds is 6. The third kappa shape index (κ3) is 4.42. The zero-order valence-electron chi connectivity index (χ0n) is 17.4. The molecule has 4 rings (SSSR count). The second-order valence-electron chi connectivity index (χ2n) is 7.54. The Labute approximate surface area is 192 Å². The van der Waals surface area contributed by atoms with Crippen LogP contribution in [0.4, 0.5) is 19.4 Å². The van der Waals surface area contributed by atoms with Crippen molar-refractivity contribution < 1.29 is 31.8 Å². The monoisotopic (exact) mass is 498 g/mol. The third-order valence-corrected chi connectivity index (χ3v) is 7.79. The van der Waals surface area contributed by atoms with Crippen molar-refractivity contribution in [3.63, 3.8) is 0 Å². The summed E-state index contributed by atoms with van der Waals surface area (Å²) in [7, 11) is -3.19. The van der Waals surface area contributed by atoms with Crippen LogP contribution >= 0.6 is 11.3 Å². The van der Waals surface area contributed by atoms with Gasteiger partial charge in [0, 0.05) is 42.4 Å². The first-order valence-electron chi connectivity index (χ1n) is 10.00. The Hall–Kier alpha value is -3.06. The van der Waals surface area contributed by atoms with Crippen molar-refractivity contribution in [2.45, 2.75) is 42.6 Å². The second-order valence-corrected chi connectivity index (χ2v) is 10.0. The number of hydrogen-bond acceptors (Lipinski definition) is 7. The van der Waals surface area contributed by atoms with Crippen molar-refractivity contribution in [3.05, 3.63) is 52.6 Å². The van der Waals surface area contributed by atoms with Crippen LogP contribution in [0.3, 0.4) is 0 Å². The van der Waals surface area contributed by atoms with Crippen LogP contribution in [0.25, 0.3) is 0 Å². The maximum absolute atomic E-state index is 14.9. The number of carboxylic acid groups (broad SMARTS) is 1. The first kappa shape index (κ1) is 23.1. The van der Waals surface area contributed by atoms with Crippen molar-refractivity contribution in [3.8, 4) is 5.75 Å². The molecule has 0 radical (unpaired) electrons. The summed E-state index contributed by atoms with van der Waals surface area (Å²) < 4.78 is 62.9. The Balaban J connectivity index is 1.66. The minimum absolute atomic E-state index is 0.0933. The maximum Gasteiger partial charge on any atom is 0.427 e. The standard InChI is InChI=1S/C20H20F2N4O5S2/c1-25-15(6-7-24-25)12-4-2-3-5-16(12)31-17-8-14(22)18(9-13(17)21)33(29,30)26(20(27)28)19-10-32-11-23-19/h6-12,16H,2-5H2,1H3,(H,27,28)/t12-,16+/m1/s1. The zero-order chi connectivity index (χ0) is 23.8. The molecule has 0 spiro atoms. The zero-order valence-corrected chi connectivity index (χ0v) is 19.0. The summed E-state index contributed by atoms with van der Waals surface area (Å²) in [6.07, 6.45) is 2.47. The van der Waals surface area contributed by atoms with Gasteiger partial charge in [0.2, 0.25) is 0 Å². The Morgan fingerprint density at radius 1 is 1.27 bits per heavy atom. The number of aromatic nitrogens is 3. The predicted octanol–water partition coefficient (Wildman–Crippen LogP) is 4.13. The van der Waals surface area contributed by atoms with Crippen molar-refractivity contribution in [1.29, 1.82) is 0 Å². The number of aryl methyl sites for hydroxylation is 1. The molecular weight excluding hydrogens is 478 g/mol. The van der Waals surface area contributed by atoms with Gasteiger partial charge in [0.25, 0.3) is 10.0 Å². The molecule has 0 aliphatic heterocycles. The predicted molar refractivity (Wildman–Crippen MR) is 115 cm³/mol. The van der Waals surface area contributed by atoms with Crippen LogP contribution in [0, 0.1) is 11.6 Å². The Morgan fingerprint density at radius 3 is 2.67 bits per heavy atom. The van der Waals surface area contributed by atoms with Gasteiger partial charge in [-0.05, 0) is 25.3 Å². The molecule has 9 nitrogen and oxygen atoms in total. The summed E-state index contributed by atoms with van der Waals surface area (Å²) >= 11 is 0.951. The van der Waals surface area contributed by atoms with E-state index in [0.717, 1.165) is 36.3 Å². The van der Waals surface area contributed by atoms with E-state index in [-0.39, 0.29) is 10.2 Å². The summed E-state index contributed by atoms with van der Waals surface area (Å²) in [5.74, 6) is -3.42. The molecule has 1 aromatic carbocycles. The van der Waals surface area contributed by atoms with Crippen molar-refractivity contribution in [2.24, 2.45) is 7.05 Å². The topological polar surface area (TPSA) is 115 Å². The molecule has 2 heterocycles. The van der Waals surface area contributed by atoms with Gasteiger partial charge in [-0.1, -0.05) is 6.42 Å². The summed E-state index contributed by atoms with van der Waals surface area (Å²) in [6.45, 7) is 0. The first-order chi connectivity index (χ1) is 15.7. The highest BCUT2D eigenvalue weighted by atomic mass is 32.2. The summed E-state index contributed by atoms with van der Waals surface area (Å²) in [5, 5.41) is 14.7. The Kier molecular flexibility index (Phi) is 6.34. The van der Waals surface area contributed by atoms with Gasteiger partial charge in [0.05, 0.1) is 5.51 Å². The molecule has 1 amide bonds. The van der Waals surface area contributed by atoms with Gasteiger partial charge in [-0.2, -0.15) is 5.10 Å². The van der Waals surface area contributed by atoms with E-state index in [1.165, 1.54) is 10.9 Å². The number of benzene rings is 1. The lowest BCUT2D eigenvalue weighted by Gasteiger charge is -2.32. The third-order valence-electron chi connectivity index (χ3n) is 5.53. The van der Waals surface area contributed by atoms with Gasteiger partial charge < -0.3 is 9.84 Å². The fraction of sp³-hybridized carbons (Fsp3) is 0.350. The highest BCUT2D eigenvalue weighted by Crippen LogP contribution is 2.37. The molecule has 2 aromatic heterocycles. The van der Waals surface area contributed by atoms with Gasteiger partial charge in [0.1, 0.15) is 16.8 Å². The highest BCUT2D eigenvalue weighted by Gasteiger charge is 2.36. The van der Waals surface area contributed by atoms with Crippen molar-refractivity contribution in [2.75, 3.05) is 4.31 Å². The molecule has 1 fully saturated rings. The van der Waals surface area contributed by atoms with Crippen LogP contribution in [-0.2, 0) is 17.1 Å². The number of sulfonamides is 1. The van der Waals surface area contributed by atoms with Gasteiger partial charge >= 0.3 is 6.09 Å². The fourth-order valence-corrected chi connectivity index (χ4v) is 5.90. The van der Waals surface area contributed by atoms with E-state index >= 15 is 0 Å². The van der Waals surface area contributed by atoms with E-state index in [9.17, 15) is 27.1 Å². The summed E-state index contributed by atoms with van der Waals surface area (Å²) in [6, 6.07) is 2.92. The number of halogens is 2. The number of hydrogen-bond donors (Lipinski definition) is 1. The van der Waals surface area contributed by atoms with Gasteiger partial charge in [-0.3, -0.25) is 4.68 Å². The number of nitrogens with zero attached hydrogens (tertiary/aromatic N) is 4. The lowest BCUT2D eigenvalue weighted by atomic mass is 9.84. The minimum Gasteiger partial charge on any atom is -0.487 e. The van der Waals surface area contributed by atoms with E-state index in [4.69, 9.17) is 4.74 Å². The quantitative estimate of drug-likeness (QED) is 0.543. The Bertz CT molecular complexity index is 1260. The van der Waals surface area contributed by atoms with Crippen LogP contribution in [0.1, 0.15) is 37.3 Å². The SMILES string of the molecule is Cn1nccc1[C@H]1CCCC[C@@H]1Oc1cc(F)c(S(=O)(=O)N(C(=O)O)c2cscn2)cc1F. The molecular formula is C20H20F2N4O5S2. The van der Waals surface area contributed by atoms with E-state index in [2.05, 4.69) is 10.1 Å². The average Bonchev–Trinajstić information content (AvgIpc) is 3.42. The number of thiazole rings is 1. The lowest BCUT2D eigenvalue weighted by molar-refractivity contribution is 0.120. The highest BCUT2D eigenvalue weighted by molar-refractivity contribution is 7.93. The van der Waals surface area contributed by atoms with Crippen molar-refractivity contribution in [1.82, 2.24) is 14.8 Å². The molecule has 1 aliphatic carbocycles. The molecule has 0 unspecified atom stereocenters. The summed E-state index contributed by atoms with van der Waals surface area (Å²) in [4.78, 5) is 14.1. The maximum atomic E-state index is 14.9. The van der Waals surface area contributed by atoms with Crippen LogP contribution in [0.5, 0.6) is 5.75 Å². The van der Waals surface area contributed by atoms with Gasteiger partial charge in [-0.15, -0.1) is 15.6 Å². The van der Waals surface area contributed by atoms with Crippen LogP contribution < -0.4 is 9.04 Å². The molecule has 176 valence electrons. The van der Waals surface area contributed by atoms with Gasteiger partial charge in [-0.25, -0.2) is 27.0 Å². The minimum atomic E-state index is -4.98. The van der Waals surface area contributed by atoms with Crippen LogP contribution in [0.2, 0.25) is 0 Å². The molecule has 3 aromatic rings. The van der Waals surface area contributed by atoms with Crippen molar-refractivity contribution >= 4 is 33.3 Å². The Morgan fingerprint density at radius 2 is 2.03 bits per heavy atom. The molecule has 2 atom stereocenters. The number of carbonyl (C=O) groups is 1. The van der Waals surface area contributed by atoms with E-state index in [1.807, 2.05) is 6.07 Å². The molecule has 0 saturated heterocycles. The van der Waals surface area contributed by atoms with E-state index in [0.29, 0.717) is 18.6 Å². The number of ether oxygens (including phenoxy) is 1. The average molecular weight is 499 g/mol. The second kappa shape index (κ2) is 9.06. The fourth-order valence-electron chi connectivity index (χ4n) is 4.01. The van der Waals surface area contributed by atoms with E-state index < -0.39 is 50.3 Å². The van der Waals surface area contributed by atoms with Crippen LogP contribution in [-0.4, -0.2) is 40.5 Å². The van der Waals surface area contributed by atoms with Crippen LogP contribution in [0.15, 0.2) is 40.2 Å². The number of anilines is 1. The molecule has 13 heteroatoms. The largest absolute Gasteiger partial charge is 0.487 e. The normalized spacial score (nSPS) is 18.8. The molecule has 1 aliphatic rings.